The second kappa shape index (κ2) is 3.47. The number of hydrogen-bond donors (Lipinski definition) is 2. The van der Waals surface area contributed by atoms with Gasteiger partial charge in [-0.1, -0.05) is 18.9 Å². The van der Waals surface area contributed by atoms with Crippen LogP contribution in [0.1, 0.15) is 31.2 Å². The molecule has 2 rings (SSSR count). The summed E-state index contributed by atoms with van der Waals surface area (Å²) in [6.07, 6.45) is 4.12. The molecule has 0 aliphatic heterocycles. The minimum Gasteiger partial charge on any atom is -0.397 e. The molecular formula is C12H15N3. The summed E-state index contributed by atoms with van der Waals surface area (Å²) in [5.41, 5.74) is 13.3. The highest BCUT2D eigenvalue weighted by molar-refractivity contribution is 5.65. The summed E-state index contributed by atoms with van der Waals surface area (Å²) in [5.74, 6) is 0. The second-order valence-electron chi connectivity index (χ2n) is 4.24. The lowest BCUT2D eigenvalue weighted by Gasteiger charge is -2.21. The van der Waals surface area contributed by atoms with Gasteiger partial charge in [0.2, 0.25) is 0 Å². The molecule has 0 atom stereocenters. The van der Waals surface area contributed by atoms with Gasteiger partial charge in [-0.2, -0.15) is 5.26 Å². The number of anilines is 2. The van der Waals surface area contributed by atoms with E-state index in [2.05, 4.69) is 6.07 Å². The zero-order valence-corrected chi connectivity index (χ0v) is 8.66. The van der Waals surface area contributed by atoms with E-state index in [0.717, 1.165) is 31.2 Å². The van der Waals surface area contributed by atoms with Crippen molar-refractivity contribution in [3.63, 3.8) is 0 Å². The molecule has 0 aromatic heterocycles. The highest BCUT2D eigenvalue weighted by atomic mass is 14.7. The Hall–Kier alpha value is -1.69. The van der Waals surface area contributed by atoms with Crippen LogP contribution in [0.15, 0.2) is 18.2 Å². The van der Waals surface area contributed by atoms with Crippen molar-refractivity contribution < 1.29 is 0 Å². The van der Waals surface area contributed by atoms with Crippen molar-refractivity contribution in [2.45, 2.75) is 31.1 Å². The number of nitriles is 1. The van der Waals surface area contributed by atoms with E-state index in [4.69, 9.17) is 11.5 Å². The molecule has 1 fully saturated rings. The number of hydrogen-bond acceptors (Lipinski definition) is 3. The van der Waals surface area contributed by atoms with E-state index in [-0.39, 0.29) is 5.41 Å². The summed E-state index contributed by atoms with van der Waals surface area (Å²) in [7, 11) is 0. The molecule has 1 aromatic carbocycles. The first-order valence-electron chi connectivity index (χ1n) is 5.25. The van der Waals surface area contributed by atoms with E-state index >= 15 is 0 Å². The molecule has 0 spiro atoms. The first-order valence-corrected chi connectivity index (χ1v) is 5.25. The zero-order valence-electron chi connectivity index (χ0n) is 8.66. The Kier molecular flexibility index (Phi) is 2.28. The second-order valence-corrected chi connectivity index (χ2v) is 4.24. The Morgan fingerprint density at radius 1 is 1.13 bits per heavy atom. The molecular weight excluding hydrogens is 186 g/mol. The van der Waals surface area contributed by atoms with Gasteiger partial charge < -0.3 is 11.5 Å². The summed E-state index contributed by atoms with van der Waals surface area (Å²) in [4.78, 5) is 0. The van der Waals surface area contributed by atoms with Crippen LogP contribution in [0.5, 0.6) is 0 Å². The third-order valence-electron chi connectivity index (χ3n) is 3.31. The lowest BCUT2D eigenvalue weighted by Crippen LogP contribution is -2.19. The molecule has 0 radical (unpaired) electrons. The molecule has 0 heterocycles. The van der Waals surface area contributed by atoms with Crippen LogP contribution in [0.3, 0.4) is 0 Å². The zero-order chi connectivity index (χ0) is 10.9. The highest BCUT2D eigenvalue weighted by Crippen LogP contribution is 2.41. The fourth-order valence-electron chi connectivity index (χ4n) is 2.32. The van der Waals surface area contributed by atoms with Crippen molar-refractivity contribution in [3.8, 4) is 6.07 Å². The fraction of sp³-hybridized carbons (Fsp3) is 0.417. The van der Waals surface area contributed by atoms with Gasteiger partial charge in [-0.3, -0.25) is 0 Å². The highest BCUT2D eigenvalue weighted by Gasteiger charge is 2.35. The van der Waals surface area contributed by atoms with E-state index in [1.807, 2.05) is 12.1 Å². The lowest BCUT2D eigenvalue weighted by atomic mass is 9.80. The van der Waals surface area contributed by atoms with Gasteiger partial charge in [-0.25, -0.2) is 0 Å². The van der Waals surface area contributed by atoms with Crippen molar-refractivity contribution in [1.82, 2.24) is 0 Å². The van der Waals surface area contributed by atoms with Gasteiger partial charge in [0.05, 0.1) is 22.9 Å². The number of nitrogens with two attached hydrogens (primary N) is 2. The van der Waals surface area contributed by atoms with Crippen LogP contribution in [0, 0.1) is 11.3 Å². The maximum absolute atomic E-state index is 9.31. The van der Waals surface area contributed by atoms with Crippen molar-refractivity contribution in [3.05, 3.63) is 23.8 Å². The lowest BCUT2D eigenvalue weighted by molar-refractivity contribution is 0.573. The molecule has 1 saturated carbocycles. The Morgan fingerprint density at radius 2 is 1.80 bits per heavy atom. The van der Waals surface area contributed by atoms with Crippen LogP contribution in [-0.4, -0.2) is 0 Å². The standard InChI is InChI=1S/C12H15N3/c13-8-12(5-1-2-6-12)9-3-4-10(14)11(15)7-9/h3-4,7H,1-2,5-6,14-15H2. The Balaban J connectivity index is 2.44. The van der Waals surface area contributed by atoms with E-state index in [1.165, 1.54) is 0 Å². The number of rotatable bonds is 1. The first-order chi connectivity index (χ1) is 7.18. The third kappa shape index (κ3) is 1.52. The van der Waals surface area contributed by atoms with Gasteiger partial charge in [0.1, 0.15) is 0 Å². The third-order valence-corrected chi connectivity index (χ3v) is 3.31. The molecule has 4 N–H and O–H groups in total. The number of nitrogen functional groups attached to an aromatic ring is 2. The van der Waals surface area contributed by atoms with Crippen molar-refractivity contribution in [2.24, 2.45) is 0 Å². The van der Waals surface area contributed by atoms with Crippen LogP contribution in [0.2, 0.25) is 0 Å². The Morgan fingerprint density at radius 3 is 2.33 bits per heavy atom. The SMILES string of the molecule is N#CC1(c2ccc(N)c(N)c2)CCCC1. The molecule has 0 amide bonds. The average Bonchev–Trinajstić information content (AvgIpc) is 2.72. The number of benzene rings is 1. The molecule has 1 aliphatic carbocycles. The smallest absolute Gasteiger partial charge is 0.0823 e. The molecule has 1 aliphatic rings. The predicted molar refractivity (Wildman–Crippen MR) is 61.0 cm³/mol. The number of nitrogens with zero attached hydrogens (tertiary/aromatic N) is 1. The predicted octanol–water partition coefficient (Wildman–Crippen LogP) is 2.19. The van der Waals surface area contributed by atoms with Gasteiger partial charge in [-0.15, -0.1) is 0 Å². The first kappa shape index (κ1) is 9.85. The van der Waals surface area contributed by atoms with E-state index in [1.54, 1.807) is 6.07 Å². The van der Waals surface area contributed by atoms with E-state index in [9.17, 15) is 5.26 Å². The summed E-state index contributed by atoms with van der Waals surface area (Å²) < 4.78 is 0. The van der Waals surface area contributed by atoms with Crippen LogP contribution < -0.4 is 11.5 Å². The molecule has 15 heavy (non-hydrogen) atoms. The van der Waals surface area contributed by atoms with Crippen molar-refractivity contribution in [1.29, 1.82) is 5.26 Å². The maximum Gasteiger partial charge on any atom is 0.0823 e. The molecule has 3 nitrogen and oxygen atoms in total. The fourth-order valence-corrected chi connectivity index (χ4v) is 2.32. The van der Waals surface area contributed by atoms with Gasteiger partial charge in [0.25, 0.3) is 0 Å². The van der Waals surface area contributed by atoms with Crippen molar-refractivity contribution in [2.75, 3.05) is 11.5 Å². The molecule has 0 saturated heterocycles. The summed E-state index contributed by atoms with van der Waals surface area (Å²) in [5, 5.41) is 9.31. The maximum atomic E-state index is 9.31. The van der Waals surface area contributed by atoms with Gasteiger partial charge >= 0.3 is 0 Å². The molecule has 78 valence electrons. The largest absolute Gasteiger partial charge is 0.397 e. The molecule has 3 heteroatoms. The normalized spacial score (nSPS) is 18.6. The van der Waals surface area contributed by atoms with E-state index in [0.29, 0.717) is 11.4 Å². The Labute approximate surface area is 89.7 Å². The average molecular weight is 201 g/mol. The Bertz CT molecular complexity index is 411. The van der Waals surface area contributed by atoms with Gasteiger partial charge in [-0.05, 0) is 30.5 Å². The van der Waals surface area contributed by atoms with Crippen molar-refractivity contribution >= 4 is 11.4 Å². The summed E-state index contributed by atoms with van der Waals surface area (Å²) in [6.45, 7) is 0. The van der Waals surface area contributed by atoms with Crippen LogP contribution in [0.4, 0.5) is 11.4 Å². The molecule has 0 unspecified atom stereocenters. The topological polar surface area (TPSA) is 75.8 Å². The van der Waals surface area contributed by atoms with Crippen LogP contribution >= 0.6 is 0 Å². The molecule has 1 aromatic rings. The minimum absolute atomic E-state index is 0.318. The van der Waals surface area contributed by atoms with Gasteiger partial charge in [0.15, 0.2) is 0 Å². The summed E-state index contributed by atoms with van der Waals surface area (Å²) in [6, 6.07) is 8.02. The van der Waals surface area contributed by atoms with Crippen LogP contribution in [-0.2, 0) is 5.41 Å². The summed E-state index contributed by atoms with van der Waals surface area (Å²) >= 11 is 0. The minimum atomic E-state index is -0.318. The quantitative estimate of drug-likeness (QED) is 0.684. The van der Waals surface area contributed by atoms with Gasteiger partial charge in [0, 0.05) is 0 Å². The molecule has 0 bridgehead atoms. The van der Waals surface area contributed by atoms with E-state index < -0.39 is 0 Å². The van der Waals surface area contributed by atoms with Crippen LogP contribution in [0.25, 0.3) is 0 Å². The monoisotopic (exact) mass is 201 g/mol.